The first-order valence-corrected chi connectivity index (χ1v) is 11.5. The van der Waals surface area contributed by atoms with Gasteiger partial charge >= 0.3 is 0 Å². The van der Waals surface area contributed by atoms with Gasteiger partial charge in [-0.25, -0.2) is 0 Å². The molecule has 146 valence electrons. The fourth-order valence-corrected chi connectivity index (χ4v) is 5.25. The maximum Gasteiger partial charge on any atom is 0.266 e. The highest BCUT2D eigenvalue weighted by Crippen LogP contribution is 2.33. The number of carbonyl (C=O) groups is 2. The van der Waals surface area contributed by atoms with Gasteiger partial charge in [-0.05, 0) is 30.4 Å². The molecule has 0 spiro atoms. The fourth-order valence-electron chi connectivity index (χ4n) is 3.21. The van der Waals surface area contributed by atoms with E-state index in [1.54, 1.807) is 16.2 Å². The van der Waals surface area contributed by atoms with E-state index in [1.165, 1.54) is 16.7 Å². The second-order valence-electron chi connectivity index (χ2n) is 7.00. The molecule has 1 aromatic heterocycles. The molecule has 8 heteroatoms. The average Bonchev–Trinajstić information content (AvgIpc) is 3.25. The molecule has 2 saturated heterocycles. The molecule has 1 aromatic rings. The van der Waals surface area contributed by atoms with Crippen molar-refractivity contribution in [2.45, 2.75) is 25.7 Å². The van der Waals surface area contributed by atoms with Crippen molar-refractivity contribution in [3.8, 4) is 0 Å². The molecule has 2 aliphatic heterocycles. The molecule has 0 radical (unpaired) electrons. The van der Waals surface area contributed by atoms with Gasteiger partial charge in [0.2, 0.25) is 5.91 Å². The molecule has 2 amide bonds. The van der Waals surface area contributed by atoms with Crippen LogP contribution in [0.25, 0.3) is 6.08 Å². The summed E-state index contributed by atoms with van der Waals surface area (Å²) in [6.07, 6.45) is 5.21. The maximum absolute atomic E-state index is 12.5. The zero-order chi connectivity index (χ0) is 19.2. The molecular weight excluding hydrogens is 398 g/mol. The van der Waals surface area contributed by atoms with Crippen molar-refractivity contribution >= 4 is 57.5 Å². The first kappa shape index (κ1) is 20.5. The highest BCUT2D eigenvalue weighted by atomic mass is 32.2. The predicted octanol–water partition coefficient (Wildman–Crippen LogP) is 1.87. The Bertz CT molecular complexity index is 710. The average molecular weight is 425 g/mol. The Kier molecular flexibility index (Phi) is 7.46. The minimum Gasteiger partial charge on any atom is -0.334 e. The molecule has 0 unspecified atom stereocenters. The van der Waals surface area contributed by atoms with E-state index in [9.17, 15) is 9.59 Å². The third-order valence-electron chi connectivity index (χ3n) is 4.93. The number of quaternary nitrogens is 1. The van der Waals surface area contributed by atoms with Crippen molar-refractivity contribution in [2.24, 2.45) is 0 Å². The van der Waals surface area contributed by atoms with Crippen molar-refractivity contribution in [2.75, 3.05) is 39.8 Å². The lowest BCUT2D eigenvalue weighted by molar-refractivity contribution is -0.883. The van der Waals surface area contributed by atoms with Gasteiger partial charge < -0.3 is 9.80 Å². The smallest absolute Gasteiger partial charge is 0.266 e. The van der Waals surface area contributed by atoms with Crippen LogP contribution in [0.2, 0.25) is 0 Å². The summed E-state index contributed by atoms with van der Waals surface area (Å²) in [6, 6.07) is 3.97. The second-order valence-corrected chi connectivity index (χ2v) is 9.65. The van der Waals surface area contributed by atoms with Crippen molar-refractivity contribution in [3.05, 3.63) is 27.3 Å². The molecule has 2 fully saturated rings. The summed E-state index contributed by atoms with van der Waals surface area (Å²) in [5.41, 5.74) is 0. The van der Waals surface area contributed by atoms with E-state index in [4.69, 9.17) is 12.2 Å². The molecule has 0 saturated carbocycles. The molecule has 3 rings (SSSR count). The van der Waals surface area contributed by atoms with Crippen LogP contribution < -0.4 is 4.90 Å². The normalized spacial score (nSPS) is 20.1. The van der Waals surface area contributed by atoms with E-state index < -0.39 is 0 Å². The molecule has 5 nitrogen and oxygen atoms in total. The Labute approximate surface area is 174 Å². The summed E-state index contributed by atoms with van der Waals surface area (Å²) in [5.74, 6) is 0.279. The van der Waals surface area contributed by atoms with Crippen molar-refractivity contribution < 1.29 is 14.5 Å². The van der Waals surface area contributed by atoms with E-state index in [-0.39, 0.29) is 11.8 Å². The molecule has 0 aliphatic carbocycles. The summed E-state index contributed by atoms with van der Waals surface area (Å²) in [4.78, 5) is 31.7. The zero-order valence-corrected chi connectivity index (χ0v) is 18.1. The highest BCUT2D eigenvalue weighted by molar-refractivity contribution is 8.26. The first-order chi connectivity index (χ1) is 13.0. The lowest BCUT2D eigenvalue weighted by Crippen LogP contribution is -3.12. The number of rotatable bonds is 7. The zero-order valence-electron chi connectivity index (χ0n) is 15.6. The lowest BCUT2D eigenvalue weighted by atomic mass is 10.1. The molecule has 27 heavy (non-hydrogen) atoms. The van der Waals surface area contributed by atoms with Gasteiger partial charge in [0, 0.05) is 17.8 Å². The first-order valence-electron chi connectivity index (χ1n) is 9.42. The third kappa shape index (κ3) is 5.63. The standard InChI is InChI=1S/C19H25N3O2S3/c1-20-9-11-21(12-10-20)17(23)7-3-2-4-8-22-18(24)16(27-19(22)25)14-15-6-5-13-26-15/h5-6,13-14H,2-4,7-12H2,1H3/p+1/b16-14+. The van der Waals surface area contributed by atoms with Crippen molar-refractivity contribution in [3.63, 3.8) is 0 Å². The van der Waals surface area contributed by atoms with E-state index in [0.717, 1.165) is 50.3 Å². The van der Waals surface area contributed by atoms with Gasteiger partial charge in [-0.2, -0.15) is 0 Å². The second kappa shape index (κ2) is 9.82. The molecular formula is C19H26N3O2S3+. The van der Waals surface area contributed by atoms with E-state index in [1.807, 2.05) is 28.5 Å². The van der Waals surface area contributed by atoms with Gasteiger partial charge in [0.15, 0.2) is 0 Å². The third-order valence-corrected chi connectivity index (χ3v) is 7.13. The van der Waals surface area contributed by atoms with Crippen LogP contribution in [0.5, 0.6) is 0 Å². The minimum absolute atomic E-state index is 0.00872. The van der Waals surface area contributed by atoms with Crippen LogP contribution in [0.3, 0.4) is 0 Å². The predicted molar refractivity (Wildman–Crippen MR) is 116 cm³/mol. The van der Waals surface area contributed by atoms with Crippen LogP contribution in [-0.4, -0.2) is 65.7 Å². The van der Waals surface area contributed by atoms with Gasteiger partial charge in [0.1, 0.15) is 4.32 Å². The summed E-state index contributed by atoms with van der Waals surface area (Å²) in [7, 11) is 2.17. The number of thiophene rings is 1. The largest absolute Gasteiger partial charge is 0.334 e. The number of nitrogens with zero attached hydrogens (tertiary/aromatic N) is 2. The number of thioether (sulfide) groups is 1. The topological polar surface area (TPSA) is 45.1 Å². The number of hydrogen-bond acceptors (Lipinski definition) is 5. The monoisotopic (exact) mass is 424 g/mol. The van der Waals surface area contributed by atoms with Gasteiger partial charge in [0.05, 0.1) is 38.1 Å². The van der Waals surface area contributed by atoms with Gasteiger partial charge in [-0.3, -0.25) is 14.5 Å². The molecule has 0 atom stereocenters. The number of hydrogen-bond donors (Lipinski definition) is 1. The van der Waals surface area contributed by atoms with Crippen molar-refractivity contribution in [1.29, 1.82) is 0 Å². The van der Waals surface area contributed by atoms with E-state index in [2.05, 4.69) is 7.05 Å². The van der Waals surface area contributed by atoms with E-state index in [0.29, 0.717) is 22.2 Å². The van der Waals surface area contributed by atoms with Crippen LogP contribution in [-0.2, 0) is 9.59 Å². The number of nitrogens with one attached hydrogen (secondary N) is 1. The van der Waals surface area contributed by atoms with Gasteiger partial charge in [0.25, 0.3) is 5.91 Å². The summed E-state index contributed by atoms with van der Waals surface area (Å²) >= 11 is 8.37. The van der Waals surface area contributed by atoms with E-state index >= 15 is 0 Å². The Morgan fingerprint density at radius 3 is 2.78 bits per heavy atom. The summed E-state index contributed by atoms with van der Waals surface area (Å²) in [6.45, 7) is 4.46. The number of unbranched alkanes of at least 4 members (excludes halogenated alkanes) is 2. The Morgan fingerprint density at radius 2 is 2.07 bits per heavy atom. The van der Waals surface area contributed by atoms with Crippen molar-refractivity contribution in [1.82, 2.24) is 9.80 Å². The maximum atomic E-state index is 12.5. The molecule has 0 bridgehead atoms. The number of piperazine rings is 1. The molecule has 1 N–H and O–H groups in total. The molecule has 2 aliphatic rings. The van der Waals surface area contributed by atoms with Crippen LogP contribution in [0, 0.1) is 0 Å². The summed E-state index contributed by atoms with van der Waals surface area (Å²) < 4.78 is 0.638. The van der Waals surface area contributed by atoms with Gasteiger partial charge in [-0.1, -0.05) is 36.5 Å². The summed E-state index contributed by atoms with van der Waals surface area (Å²) in [5, 5.41) is 2.00. The Morgan fingerprint density at radius 1 is 1.30 bits per heavy atom. The number of carbonyl (C=O) groups excluding carboxylic acids is 2. The highest BCUT2D eigenvalue weighted by Gasteiger charge is 2.31. The van der Waals surface area contributed by atoms with Gasteiger partial charge in [-0.15, -0.1) is 11.3 Å². The Balaban J connectivity index is 1.37. The quantitative estimate of drug-likeness (QED) is 0.412. The van der Waals surface area contributed by atoms with Crippen LogP contribution in [0.15, 0.2) is 22.4 Å². The molecule has 3 heterocycles. The SMILES string of the molecule is C[NH+]1CCN(C(=O)CCCCCN2C(=O)/C(=C\c3cccs3)SC2=S)CC1. The minimum atomic E-state index is 0.00872. The van der Waals surface area contributed by atoms with Crippen LogP contribution in [0.4, 0.5) is 0 Å². The number of likely N-dealkylation sites (N-methyl/N-ethyl adjacent to an activating group) is 1. The Hall–Kier alpha value is -1.22. The van der Waals surface area contributed by atoms with Crippen LogP contribution in [0.1, 0.15) is 30.6 Å². The van der Waals surface area contributed by atoms with Crippen LogP contribution >= 0.6 is 35.3 Å². The number of amides is 2. The number of thiocarbonyl (C=S) groups is 1. The molecule has 0 aromatic carbocycles. The fraction of sp³-hybridized carbons (Fsp3) is 0.526. The lowest BCUT2D eigenvalue weighted by Gasteiger charge is -2.30.